The van der Waals surface area contributed by atoms with Gasteiger partial charge in [0.15, 0.2) is 0 Å². The van der Waals surface area contributed by atoms with Crippen molar-refractivity contribution in [1.82, 2.24) is 9.72 Å². The Balaban J connectivity index is 1.67. The van der Waals surface area contributed by atoms with Gasteiger partial charge >= 0.3 is 0 Å². The van der Waals surface area contributed by atoms with Crippen LogP contribution >= 0.6 is 0 Å². The van der Waals surface area contributed by atoms with Crippen molar-refractivity contribution >= 4 is 0 Å². The average molecular weight is 402 g/mol. The van der Waals surface area contributed by atoms with Crippen molar-refractivity contribution in [2.75, 3.05) is 0 Å². The Kier molecular flexibility index (Phi) is 4.13. The highest BCUT2D eigenvalue weighted by Gasteiger charge is 2.27. The molecule has 3 aromatic carbocycles. The molecule has 31 heavy (non-hydrogen) atoms. The molecular weight excluding hydrogens is 380 g/mol. The van der Waals surface area contributed by atoms with Gasteiger partial charge in [0.25, 0.3) is 0 Å². The van der Waals surface area contributed by atoms with Crippen LogP contribution in [0.1, 0.15) is 17.0 Å². The van der Waals surface area contributed by atoms with Crippen LogP contribution in [0.5, 0.6) is 0 Å². The van der Waals surface area contributed by atoms with E-state index in [1.807, 2.05) is 25.1 Å². The molecule has 0 spiro atoms. The first kappa shape index (κ1) is 18.0. The molecule has 0 saturated carbocycles. The predicted molar refractivity (Wildman–Crippen MR) is 124 cm³/mol. The second-order valence-electron chi connectivity index (χ2n) is 8.05. The molecule has 1 aliphatic rings. The van der Waals surface area contributed by atoms with Crippen LogP contribution in [0.25, 0.3) is 39.3 Å². The number of benzene rings is 3. The van der Waals surface area contributed by atoms with E-state index in [1.165, 1.54) is 22.4 Å². The first-order valence-corrected chi connectivity index (χ1v) is 10.7. The molecule has 0 fully saturated rings. The quantitative estimate of drug-likeness (QED) is 0.330. The van der Waals surface area contributed by atoms with Crippen molar-refractivity contribution in [3.05, 3.63) is 108 Å². The number of aryl methyl sites for hydroxylation is 2. The molecule has 1 aliphatic carbocycles. The minimum absolute atomic E-state index is 0.833. The summed E-state index contributed by atoms with van der Waals surface area (Å²) in [6.45, 7) is 2.00. The maximum absolute atomic E-state index is 5.73. The van der Waals surface area contributed by atoms with Gasteiger partial charge in [-0.15, -0.1) is 0 Å². The van der Waals surface area contributed by atoms with Crippen molar-refractivity contribution in [3.8, 4) is 39.3 Å². The van der Waals surface area contributed by atoms with Crippen LogP contribution in [0.2, 0.25) is 0 Å². The fraction of sp³-hybridized carbons (Fsp3) is 0.107. The maximum Gasteiger partial charge on any atom is 0.143 e. The monoisotopic (exact) mass is 402 g/mol. The van der Waals surface area contributed by atoms with E-state index < -0.39 is 0 Å². The van der Waals surface area contributed by atoms with Gasteiger partial charge in [-0.2, -0.15) is 0 Å². The molecule has 3 nitrogen and oxygen atoms in total. The number of aromatic nitrogens is 2. The normalized spacial score (nSPS) is 12.4. The molecule has 2 heterocycles. The zero-order valence-electron chi connectivity index (χ0n) is 17.4. The summed E-state index contributed by atoms with van der Waals surface area (Å²) in [4.78, 5) is 0. The molecular formula is C28H22N2O. The van der Waals surface area contributed by atoms with Crippen molar-refractivity contribution < 1.29 is 4.52 Å². The van der Waals surface area contributed by atoms with E-state index in [0.29, 0.717) is 0 Å². The lowest BCUT2D eigenvalue weighted by Crippen LogP contribution is -2.08. The van der Waals surface area contributed by atoms with Gasteiger partial charge in [0.1, 0.15) is 11.5 Å². The molecule has 0 unspecified atom stereocenters. The zero-order chi connectivity index (χ0) is 20.8. The Morgan fingerprint density at radius 3 is 2.29 bits per heavy atom. The molecule has 150 valence electrons. The van der Waals surface area contributed by atoms with Gasteiger partial charge in [0, 0.05) is 22.5 Å². The Bertz CT molecular complexity index is 1380. The second kappa shape index (κ2) is 7.13. The number of para-hydroxylation sites is 1. The molecule has 0 atom stereocenters. The first-order valence-electron chi connectivity index (χ1n) is 10.7. The topological polar surface area (TPSA) is 31.0 Å². The molecule has 0 bridgehead atoms. The molecule has 0 amide bonds. The highest BCUT2D eigenvalue weighted by atomic mass is 16.5. The summed E-state index contributed by atoms with van der Waals surface area (Å²) in [5, 5.41) is 4.46. The number of fused-ring (bicyclic) bond motifs is 3. The van der Waals surface area contributed by atoms with Gasteiger partial charge in [-0.3, -0.25) is 0 Å². The number of nitrogens with zero attached hydrogens (tertiary/aromatic N) is 2. The lowest BCUT2D eigenvalue weighted by atomic mass is 9.89. The third-order valence-corrected chi connectivity index (χ3v) is 6.22. The molecule has 0 radical (unpaired) electrons. The number of rotatable bonds is 3. The van der Waals surface area contributed by atoms with E-state index in [1.54, 1.807) is 0 Å². The van der Waals surface area contributed by atoms with Crippen LogP contribution in [0.4, 0.5) is 0 Å². The molecule has 2 aromatic heterocycles. The van der Waals surface area contributed by atoms with E-state index in [9.17, 15) is 0 Å². The van der Waals surface area contributed by atoms with Crippen LogP contribution in [0, 0.1) is 6.92 Å². The second-order valence-corrected chi connectivity index (χ2v) is 8.05. The Morgan fingerprint density at radius 1 is 0.774 bits per heavy atom. The highest BCUT2D eigenvalue weighted by Crippen LogP contribution is 2.43. The van der Waals surface area contributed by atoms with Crippen molar-refractivity contribution in [2.45, 2.75) is 19.8 Å². The van der Waals surface area contributed by atoms with E-state index in [2.05, 4.69) is 82.5 Å². The van der Waals surface area contributed by atoms with Gasteiger partial charge < -0.3 is 9.09 Å². The minimum Gasteiger partial charge on any atom is -0.360 e. The van der Waals surface area contributed by atoms with Gasteiger partial charge in [-0.05, 0) is 49.1 Å². The molecule has 0 aliphatic heterocycles. The summed E-state index contributed by atoms with van der Waals surface area (Å²) in [6.07, 6.45) is 2.06. The standard InChI is InChI=1S/C28H22N2O/c1-19-27(28(29-31-19)21-11-4-2-5-12-21)26-18-24-23-15-9-8-10-20(23)16-17-25(24)30(26)22-13-6-3-7-14-22/h2-15,18H,16-17H2,1H3. The SMILES string of the molecule is Cc1onc(-c2ccccc2)c1-c1cc2c(n1-c1ccccc1)CCc1ccccc1-2. The summed E-state index contributed by atoms with van der Waals surface area (Å²) in [6, 6.07) is 32.0. The third kappa shape index (κ3) is 2.85. The zero-order valence-corrected chi connectivity index (χ0v) is 17.4. The molecule has 5 aromatic rings. The summed E-state index contributed by atoms with van der Waals surface area (Å²) in [5.41, 5.74) is 10.7. The van der Waals surface area contributed by atoms with E-state index >= 15 is 0 Å². The van der Waals surface area contributed by atoms with Crippen LogP contribution in [-0.4, -0.2) is 9.72 Å². The summed E-state index contributed by atoms with van der Waals surface area (Å²) < 4.78 is 8.13. The Hall–Kier alpha value is -3.85. The maximum atomic E-state index is 5.73. The fourth-order valence-electron chi connectivity index (χ4n) is 4.81. The number of hydrogen-bond acceptors (Lipinski definition) is 2. The lowest BCUT2D eigenvalue weighted by molar-refractivity contribution is 0.400. The summed E-state index contributed by atoms with van der Waals surface area (Å²) >= 11 is 0. The van der Waals surface area contributed by atoms with E-state index in [0.717, 1.165) is 46.8 Å². The van der Waals surface area contributed by atoms with E-state index in [4.69, 9.17) is 4.52 Å². The van der Waals surface area contributed by atoms with Crippen LogP contribution in [0.3, 0.4) is 0 Å². The van der Waals surface area contributed by atoms with Gasteiger partial charge in [0.05, 0.1) is 11.3 Å². The minimum atomic E-state index is 0.833. The number of hydrogen-bond donors (Lipinski definition) is 0. The first-order chi connectivity index (χ1) is 15.3. The van der Waals surface area contributed by atoms with Crippen LogP contribution in [-0.2, 0) is 12.8 Å². The molecule has 0 N–H and O–H groups in total. The van der Waals surface area contributed by atoms with Crippen molar-refractivity contribution in [1.29, 1.82) is 0 Å². The van der Waals surface area contributed by atoms with Gasteiger partial charge in [-0.1, -0.05) is 78.0 Å². The highest BCUT2D eigenvalue weighted by molar-refractivity contribution is 5.86. The Morgan fingerprint density at radius 2 is 1.48 bits per heavy atom. The molecule has 6 rings (SSSR count). The van der Waals surface area contributed by atoms with Gasteiger partial charge in [-0.25, -0.2) is 0 Å². The van der Waals surface area contributed by atoms with Crippen LogP contribution < -0.4 is 0 Å². The predicted octanol–water partition coefficient (Wildman–Crippen LogP) is 6.87. The third-order valence-electron chi connectivity index (χ3n) is 6.22. The van der Waals surface area contributed by atoms with Crippen LogP contribution in [0.15, 0.2) is 95.5 Å². The average Bonchev–Trinajstić information content (AvgIpc) is 3.40. The summed E-state index contributed by atoms with van der Waals surface area (Å²) in [5.74, 6) is 0.833. The largest absolute Gasteiger partial charge is 0.360 e. The van der Waals surface area contributed by atoms with Crippen molar-refractivity contribution in [3.63, 3.8) is 0 Å². The smallest absolute Gasteiger partial charge is 0.143 e. The lowest BCUT2D eigenvalue weighted by Gasteiger charge is -2.20. The van der Waals surface area contributed by atoms with E-state index in [-0.39, 0.29) is 0 Å². The Labute approximate surface area is 181 Å². The fourth-order valence-corrected chi connectivity index (χ4v) is 4.81. The van der Waals surface area contributed by atoms with Crippen molar-refractivity contribution in [2.24, 2.45) is 0 Å². The van der Waals surface area contributed by atoms with Gasteiger partial charge in [0.2, 0.25) is 0 Å². The molecule has 3 heteroatoms. The summed E-state index contributed by atoms with van der Waals surface area (Å²) in [7, 11) is 0. The molecule has 0 saturated heterocycles.